The predicted molar refractivity (Wildman–Crippen MR) is 134 cm³/mol. The fraction of sp³-hybridized carbons (Fsp3) is 0.684. The van der Waals surface area contributed by atoms with Crippen LogP contribution in [-0.2, 0) is 32.0 Å². The SMILES string of the molecule is C=C[C@]1(O)[C@H](n2ccc(=O)[nH]c2=O)O[C@](C)(COP(=O)(S)OP(=O)(O)OC2OC([C@@H](F)CO)C(O)C(O)C2O)[C@H]1O. The molecule has 7 unspecified atom stereocenters. The van der Waals surface area contributed by atoms with Crippen LogP contribution in [-0.4, -0.2) is 112 Å². The molecule has 41 heavy (non-hydrogen) atoms. The van der Waals surface area contributed by atoms with Gasteiger partial charge >= 0.3 is 20.3 Å². The smallest absolute Gasteiger partial charge is 0.393 e. The quantitative estimate of drug-likeness (QED) is 0.0674. The highest BCUT2D eigenvalue weighted by Gasteiger charge is 2.61. The number of rotatable bonds is 11. The highest BCUT2D eigenvalue weighted by Crippen LogP contribution is 2.66. The van der Waals surface area contributed by atoms with Crippen LogP contribution in [0, 0.1) is 0 Å². The number of phosphoric ester groups is 1. The monoisotopic (exact) mass is 654 g/mol. The second kappa shape index (κ2) is 12.4. The lowest BCUT2D eigenvalue weighted by Gasteiger charge is -2.41. The van der Waals surface area contributed by atoms with Gasteiger partial charge in [-0.15, -0.1) is 0 Å². The van der Waals surface area contributed by atoms with Crippen LogP contribution in [0.1, 0.15) is 13.2 Å². The number of nitrogens with one attached hydrogen (secondary N) is 1. The van der Waals surface area contributed by atoms with E-state index in [0.717, 1.165) is 29.8 Å². The number of halogens is 1. The number of hydrogen-bond acceptors (Lipinski definition) is 15. The number of alkyl halides is 1. The number of aromatic amines is 1. The minimum atomic E-state index is -5.61. The first-order chi connectivity index (χ1) is 18.8. The van der Waals surface area contributed by atoms with Crippen molar-refractivity contribution in [1.82, 2.24) is 9.55 Å². The lowest BCUT2D eigenvalue weighted by atomic mass is 9.87. The molecule has 2 aliphatic heterocycles. The van der Waals surface area contributed by atoms with Crippen molar-refractivity contribution in [2.75, 3.05) is 13.2 Å². The third-order valence-electron chi connectivity index (χ3n) is 6.32. The summed E-state index contributed by atoms with van der Waals surface area (Å²) in [6, 6.07) is 0.924. The van der Waals surface area contributed by atoms with E-state index in [-0.39, 0.29) is 0 Å². The summed E-state index contributed by atoms with van der Waals surface area (Å²) in [4.78, 5) is 35.6. The molecule has 0 spiro atoms. The Hall–Kier alpha value is -1.32. The van der Waals surface area contributed by atoms with Gasteiger partial charge in [0, 0.05) is 12.3 Å². The number of thiol groups is 1. The summed E-state index contributed by atoms with van der Waals surface area (Å²) < 4.78 is 64.2. The lowest BCUT2D eigenvalue weighted by Crippen LogP contribution is -2.60. The summed E-state index contributed by atoms with van der Waals surface area (Å²) in [5, 5.41) is 60.5. The third-order valence-corrected chi connectivity index (χ3v) is 9.90. The molecular weight excluding hydrogens is 625 g/mol. The Morgan fingerprint density at radius 3 is 2.46 bits per heavy atom. The molecule has 2 aliphatic rings. The van der Waals surface area contributed by atoms with Gasteiger partial charge in [-0.05, 0) is 6.92 Å². The molecule has 0 amide bonds. The van der Waals surface area contributed by atoms with E-state index >= 15 is 0 Å². The molecular formula is C19H29FN2O16P2S. The Labute approximate surface area is 234 Å². The average molecular weight is 654 g/mol. The summed E-state index contributed by atoms with van der Waals surface area (Å²) in [6.07, 6.45) is -15.1. The first-order valence-electron chi connectivity index (χ1n) is 11.5. The Kier molecular flexibility index (Phi) is 10.3. The van der Waals surface area contributed by atoms with Gasteiger partial charge in [-0.25, -0.2) is 18.3 Å². The van der Waals surface area contributed by atoms with Gasteiger partial charge in [0.25, 0.3) is 5.56 Å². The Bertz CT molecular complexity index is 1330. The van der Waals surface area contributed by atoms with Gasteiger partial charge in [-0.1, -0.05) is 24.9 Å². The number of ether oxygens (including phenoxy) is 2. The van der Waals surface area contributed by atoms with Gasteiger partial charge in [-0.3, -0.25) is 23.4 Å². The molecule has 0 aromatic carbocycles. The largest absolute Gasteiger partial charge is 0.482 e. The van der Waals surface area contributed by atoms with Crippen molar-refractivity contribution in [3.8, 4) is 0 Å². The molecule has 3 rings (SSSR count). The minimum Gasteiger partial charge on any atom is -0.393 e. The van der Waals surface area contributed by atoms with Crippen molar-refractivity contribution in [3.63, 3.8) is 0 Å². The highest BCUT2D eigenvalue weighted by molar-refractivity contribution is 8.45. The van der Waals surface area contributed by atoms with Crippen LogP contribution in [0.4, 0.5) is 4.39 Å². The van der Waals surface area contributed by atoms with Gasteiger partial charge in [0.2, 0.25) is 0 Å². The van der Waals surface area contributed by atoms with Crippen LogP contribution in [0.2, 0.25) is 0 Å². The Morgan fingerprint density at radius 1 is 1.27 bits per heavy atom. The van der Waals surface area contributed by atoms with Crippen molar-refractivity contribution in [2.45, 2.75) is 67.3 Å². The summed E-state index contributed by atoms with van der Waals surface area (Å²) in [7, 11) is -5.61. The zero-order chi connectivity index (χ0) is 31.1. The maximum Gasteiger partial charge on any atom is 0.482 e. The topological polar surface area (TPSA) is 277 Å². The van der Waals surface area contributed by atoms with Crippen molar-refractivity contribution in [1.29, 1.82) is 0 Å². The average Bonchev–Trinajstić information content (AvgIpc) is 3.08. The van der Waals surface area contributed by atoms with E-state index < -0.39 is 99.5 Å². The van der Waals surface area contributed by atoms with Crippen LogP contribution in [0.15, 0.2) is 34.5 Å². The Morgan fingerprint density at radius 2 is 1.90 bits per heavy atom. The molecule has 18 nitrogen and oxygen atoms in total. The van der Waals surface area contributed by atoms with Gasteiger partial charge in [0.1, 0.15) is 36.1 Å². The van der Waals surface area contributed by atoms with Crippen molar-refractivity contribution >= 4 is 26.9 Å². The molecule has 12 atom stereocenters. The number of aromatic nitrogens is 2. The standard InChI is InChI=1S/C19H29FN2O16P2S/c1-3-19(30)15(28)18(2,36-16(19)22-5-4-9(24)21-17(22)29)7-34-40(33,41)38-39(31,32)37-14-12(27)10(25)11(26)13(35-14)8(20)6-23/h3-5,8,10-16,23,25-28,30H,1,6-7H2,2H3,(H,31,32)(H,33,41)(H,21,24,29)/t8-,10?,11?,12?,13?,14?,15+,16+,18+,19+,40?/m0/s1. The maximum atomic E-state index is 13.9. The van der Waals surface area contributed by atoms with Gasteiger partial charge in [0.05, 0.1) is 13.2 Å². The fourth-order valence-electron chi connectivity index (χ4n) is 4.13. The molecule has 0 saturated carbocycles. The number of aliphatic hydroxyl groups is 6. The summed E-state index contributed by atoms with van der Waals surface area (Å²) in [5.41, 5.74) is -6.24. The second-order valence-electron chi connectivity index (χ2n) is 9.33. The van der Waals surface area contributed by atoms with Gasteiger partial charge in [-0.2, -0.15) is 4.31 Å². The van der Waals surface area contributed by atoms with Gasteiger partial charge in [0.15, 0.2) is 24.3 Å². The number of aliphatic hydroxyl groups excluding tert-OH is 5. The minimum absolute atomic E-state index is 0.719. The van der Waals surface area contributed by atoms with Crippen molar-refractivity contribution in [2.24, 2.45) is 0 Å². The molecule has 8 N–H and O–H groups in total. The normalized spacial score (nSPS) is 39.5. The molecule has 0 aliphatic carbocycles. The fourth-order valence-corrected chi connectivity index (χ4v) is 7.38. The molecule has 1 aromatic heterocycles. The first kappa shape index (κ1) is 34.2. The Balaban J connectivity index is 1.74. The predicted octanol–water partition coefficient (Wildman–Crippen LogP) is -2.57. The van der Waals surface area contributed by atoms with E-state index in [1.54, 1.807) is 0 Å². The number of phosphoric acid groups is 1. The van der Waals surface area contributed by atoms with Crippen LogP contribution in [0.5, 0.6) is 0 Å². The van der Waals surface area contributed by atoms with Crippen LogP contribution in [0.3, 0.4) is 0 Å². The van der Waals surface area contributed by atoms with E-state index in [0.29, 0.717) is 0 Å². The molecule has 2 fully saturated rings. The summed E-state index contributed by atoms with van der Waals surface area (Å²) in [6.45, 7) is -2.63. The summed E-state index contributed by atoms with van der Waals surface area (Å²) >= 11 is 3.54. The third kappa shape index (κ3) is 7.09. The zero-order valence-electron chi connectivity index (χ0n) is 20.9. The van der Waals surface area contributed by atoms with Gasteiger partial charge < -0.3 is 45.0 Å². The molecule has 1 aromatic rings. The first-order valence-corrected chi connectivity index (χ1v) is 15.7. The van der Waals surface area contributed by atoms with Crippen LogP contribution < -0.4 is 11.2 Å². The zero-order valence-corrected chi connectivity index (χ0v) is 23.6. The molecule has 234 valence electrons. The molecule has 22 heteroatoms. The lowest BCUT2D eigenvalue weighted by molar-refractivity contribution is -0.287. The van der Waals surface area contributed by atoms with E-state index in [9.17, 15) is 53.5 Å². The van der Waals surface area contributed by atoms with E-state index in [1.165, 1.54) is 0 Å². The number of hydrogen-bond donors (Lipinski definition) is 9. The maximum absolute atomic E-state index is 13.9. The molecule has 0 radical (unpaired) electrons. The van der Waals surface area contributed by atoms with E-state index in [2.05, 4.69) is 27.7 Å². The second-order valence-corrected chi connectivity index (χ2v) is 13.8. The van der Waals surface area contributed by atoms with Crippen LogP contribution >= 0.6 is 26.9 Å². The molecule has 0 bridgehead atoms. The molecule has 3 heterocycles. The number of H-pyrrole nitrogens is 1. The molecule has 2 saturated heterocycles. The van der Waals surface area contributed by atoms with E-state index in [1.807, 2.05) is 4.98 Å². The van der Waals surface area contributed by atoms with Crippen molar-refractivity contribution in [3.05, 3.63) is 45.8 Å². The van der Waals surface area contributed by atoms with E-state index in [4.69, 9.17) is 19.1 Å². The van der Waals surface area contributed by atoms with Crippen molar-refractivity contribution < 1.29 is 71.9 Å². The van der Waals surface area contributed by atoms with Crippen LogP contribution in [0.25, 0.3) is 0 Å². The number of nitrogens with zero attached hydrogens (tertiary/aromatic N) is 1. The summed E-state index contributed by atoms with van der Waals surface area (Å²) in [5.74, 6) is 0. The highest BCUT2D eigenvalue weighted by atomic mass is 32.7.